The van der Waals surface area contributed by atoms with Gasteiger partial charge in [0.25, 0.3) is 0 Å². The molecular weight excluding hydrogens is 349 g/mol. The van der Waals surface area contributed by atoms with Crippen molar-refractivity contribution in [2.45, 2.75) is 19.9 Å². The van der Waals surface area contributed by atoms with Gasteiger partial charge >= 0.3 is 0 Å². The van der Waals surface area contributed by atoms with E-state index in [-0.39, 0.29) is 11.7 Å². The average molecular weight is 363 g/mol. The van der Waals surface area contributed by atoms with Crippen molar-refractivity contribution >= 4 is 44.5 Å². The Hall–Kier alpha value is -1.14. The van der Waals surface area contributed by atoms with E-state index in [9.17, 15) is 9.18 Å². The second-order valence-corrected chi connectivity index (χ2v) is 5.59. The topological polar surface area (TPSA) is 46.9 Å². The summed E-state index contributed by atoms with van der Waals surface area (Å²) in [6, 6.07) is 3.09. The van der Waals surface area contributed by atoms with E-state index in [1.807, 2.05) is 4.57 Å². The number of benzene rings is 1. The number of halogens is 3. The number of nitrogens with zero attached hydrogens (tertiary/aromatic N) is 2. The highest BCUT2D eigenvalue weighted by atomic mass is 79.9. The zero-order valence-corrected chi connectivity index (χ0v) is 13.3. The van der Waals surface area contributed by atoms with Crippen molar-refractivity contribution < 1.29 is 9.18 Å². The van der Waals surface area contributed by atoms with Crippen LogP contribution >= 0.6 is 27.5 Å². The monoisotopic (exact) mass is 361 g/mol. The van der Waals surface area contributed by atoms with Gasteiger partial charge in [-0.25, -0.2) is 9.37 Å². The molecule has 0 aliphatic heterocycles. The minimum absolute atomic E-state index is 0.0828. The second kappa shape index (κ2) is 6.54. The summed E-state index contributed by atoms with van der Waals surface area (Å²) in [5, 5.41) is 2.74. The largest absolute Gasteiger partial charge is 0.355 e. The molecule has 0 bridgehead atoms. The van der Waals surface area contributed by atoms with Crippen LogP contribution in [-0.4, -0.2) is 27.9 Å². The lowest BCUT2D eigenvalue weighted by molar-refractivity contribution is -0.118. The highest BCUT2D eigenvalue weighted by molar-refractivity contribution is 9.10. The summed E-state index contributed by atoms with van der Waals surface area (Å²) in [4.78, 5) is 15.3. The van der Waals surface area contributed by atoms with Crippen molar-refractivity contribution in [3.8, 4) is 0 Å². The maximum absolute atomic E-state index is 13.6. The van der Waals surface area contributed by atoms with E-state index < -0.39 is 0 Å². The Morgan fingerprint density at radius 1 is 1.55 bits per heavy atom. The number of nitrogens with one attached hydrogen (secondary N) is 1. The fraction of sp³-hybridized carbons (Fsp3) is 0.385. The summed E-state index contributed by atoms with van der Waals surface area (Å²) in [5.41, 5.74) is 1.41. The molecule has 1 amide bonds. The van der Waals surface area contributed by atoms with E-state index in [0.29, 0.717) is 35.4 Å². The average Bonchev–Trinajstić information content (AvgIpc) is 2.68. The number of hydrogen-bond donors (Lipinski definition) is 1. The Bertz CT molecular complexity index is 644. The first-order chi connectivity index (χ1) is 9.52. The number of amides is 1. The van der Waals surface area contributed by atoms with Gasteiger partial charge in [-0.05, 0) is 22.0 Å². The van der Waals surface area contributed by atoms with Crippen LogP contribution in [0.3, 0.4) is 0 Å². The second-order valence-electron chi connectivity index (χ2n) is 4.36. The summed E-state index contributed by atoms with van der Waals surface area (Å²) in [6.45, 7) is 2.53. The van der Waals surface area contributed by atoms with Gasteiger partial charge in [-0.2, -0.15) is 0 Å². The molecule has 0 spiro atoms. The predicted octanol–water partition coefficient (Wildman–Crippen LogP) is 2.86. The van der Waals surface area contributed by atoms with Crippen LogP contribution in [0.4, 0.5) is 4.39 Å². The number of carbonyl (C=O) groups excluding carboxylic acids is 1. The summed E-state index contributed by atoms with van der Waals surface area (Å²) >= 11 is 8.95. The molecule has 0 atom stereocenters. The molecule has 0 saturated heterocycles. The third-order valence-corrected chi connectivity index (χ3v) is 3.69. The quantitative estimate of drug-likeness (QED) is 0.832. The fourth-order valence-corrected chi connectivity index (χ4v) is 2.54. The van der Waals surface area contributed by atoms with Gasteiger partial charge in [0.15, 0.2) is 0 Å². The first kappa shape index (κ1) is 15.3. The zero-order chi connectivity index (χ0) is 14.7. The Labute approximate surface area is 129 Å². The molecule has 0 fully saturated rings. The summed E-state index contributed by atoms with van der Waals surface area (Å²) in [5.74, 6) is 0.799. The molecular formula is C13H14BrClFN3O. The van der Waals surface area contributed by atoms with Gasteiger partial charge < -0.3 is 9.88 Å². The Balaban J connectivity index is 2.39. The normalized spacial score (nSPS) is 11.0. The summed E-state index contributed by atoms with van der Waals surface area (Å²) in [7, 11) is 0. The van der Waals surface area contributed by atoms with E-state index in [1.165, 1.54) is 13.0 Å². The van der Waals surface area contributed by atoms with Crippen molar-refractivity contribution in [2.24, 2.45) is 0 Å². The van der Waals surface area contributed by atoms with E-state index in [1.54, 1.807) is 6.07 Å². The Morgan fingerprint density at radius 2 is 2.30 bits per heavy atom. The van der Waals surface area contributed by atoms with Crippen LogP contribution in [-0.2, 0) is 17.8 Å². The van der Waals surface area contributed by atoms with Crippen LogP contribution in [0.1, 0.15) is 12.7 Å². The van der Waals surface area contributed by atoms with E-state index in [2.05, 4.69) is 26.2 Å². The molecule has 108 valence electrons. The van der Waals surface area contributed by atoms with E-state index in [4.69, 9.17) is 11.6 Å². The molecule has 2 rings (SSSR count). The van der Waals surface area contributed by atoms with Crippen molar-refractivity contribution in [3.63, 3.8) is 0 Å². The van der Waals surface area contributed by atoms with E-state index in [0.717, 1.165) is 11.3 Å². The highest BCUT2D eigenvalue weighted by Gasteiger charge is 2.13. The molecule has 1 N–H and O–H groups in total. The molecule has 0 radical (unpaired) electrons. The first-order valence-corrected chi connectivity index (χ1v) is 7.50. The van der Waals surface area contributed by atoms with Crippen molar-refractivity contribution in [1.29, 1.82) is 0 Å². The van der Waals surface area contributed by atoms with Crippen LogP contribution in [0.25, 0.3) is 11.0 Å². The SMILES string of the molecule is CC(=O)NCCn1c(CCCl)nc2cc(F)c(Br)cc21. The number of fused-ring (bicyclic) bond motifs is 1. The molecule has 1 aromatic heterocycles. The minimum Gasteiger partial charge on any atom is -0.355 e. The van der Waals surface area contributed by atoms with E-state index >= 15 is 0 Å². The lowest BCUT2D eigenvalue weighted by Gasteiger charge is -2.09. The Kier molecular flexibility index (Phi) is 4.99. The van der Waals surface area contributed by atoms with Gasteiger partial charge in [0, 0.05) is 38.4 Å². The van der Waals surface area contributed by atoms with Gasteiger partial charge in [-0.1, -0.05) is 0 Å². The molecule has 2 aromatic rings. The zero-order valence-electron chi connectivity index (χ0n) is 10.9. The number of rotatable bonds is 5. The molecule has 0 aliphatic rings. The number of carbonyl (C=O) groups is 1. The van der Waals surface area contributed by atoms with Gasteiger partial charge in [0.2, 0.25) is 5.91 Å². The number of aryl methyl sites for hydroxylation is 1. The molecule has 0 saturated carbocycles. The number of alkyl halides is 1. The minimum atomic E-state index is -0.346. The maximum Gasteiger partial charge on any atom is 0.216 e. The molecule has 1 aromatic carbocycles. The van der Waals surface area contributed by atoms with Gasteiger partial charge in [-0.15, -0.1) is 11.6 Å². The summed E-state index contributed by atoms with van der Waals surface area (Å²) < 4.78 is 15.9. The molecule has 20 heavy (non-hydrogen) atoms. The third-order valence-electron chi connectivity index (χ3n) is 2.90. The molecule has 7 heteroatoms. The van der Waals surface area contributed by atoms with Crippen LogP contribution in [0.5, 0.6) is 0 Å². The van der Waals surface area contributed by atoms with Gasteiger partial charge in [0.05, 0.1) is 15.5 Å². The summed E-state index contributed by atoms with van der Waals surface area (Å²) in [6.07, 6.45) is 0.593. The van der Waals surface area contributed by atoms with Crippen molar-refractivity contribution in [1.82, 2.24) is 14.9 Å². The third kappa shape index (κ3) is 3.30. The van der Waals surface area contributed by atoms with Gasteiger partial charge in [0.1, 0.15) is 11.6 Å². The lowest BCUT2D eigenvalue weighted by Crippen LogP contribution is -2.25. The molecule has 1 heterocycles. The molecule has 0 aliphatic carbocycles. The van der Waals surface area contributed by atoms with Crippen LogP contribution in [0, 0.1) is 5.82 Å². The lowest BCUT2D eigenvalue weighted by atomic mass is 10.3. The van der Waals surface area contributed by atoms with Crippen LogP contribution in [0.2, 0.25) is 0 Å². The van der Waals surface area contributed by atoms with Crippen molar-refractivity contribution in [3.05, 3.63) is 28.2 Å². The Morgan fingerprint density at radius 3 is 2.95 bits per heavy atom. The predicted molar refractivity (Wildman–Crippen MR) is 80.5 cm³/mol. The van der Waals surface area contributed by atoms with Gasteiger partial charge in [-0.3, -0.25) is 4.79 Å². The number of hydrogen-bond acceptors (Lipinski definition) is 2. The molecule has 0 unspecified atom stereocenters. The highest BCUT2D eigenvalue weighted by Crippen LogP contribution is 2.24. The van der Waals surface area contributed by atoms with Crippen LogP contribution in [0.15, 0.2) is 16.6 Å². The number of imidazole rings is 1. The van der Waals surface area contributed by atoms with Crippen LogP contribution < -0.4 is 5.32 Å². The number of aromatic nitrogens is 2. The maximum atomic E-state index is 13.6. The fourth-order valence-electron chi connectivity index (χ4n) is 2.04. The standard InChI is InChI=1S/C13H14BrClFN3O/c1-8(20)17-4-5-19-12-6-9(14)10(16)7-11(12)18-13(19)2-3-15/h6-7H,2-5H2,1H3,(H,17,20). The van der Waals surface area contributed by atoms with Crippen molar-refractivity contribution in [2.75, 3.05) is 12.4 Å². The molecule has 4 nitrogen and oxygen atoms in total. The first-order valence-electron chi connectivity index (χ1n) is 6.17. The smallest absolute Gasteiger partial charge is 0.216 e.